The summed E-state index contributed by atoms with van der Waals surface area (Å²) in [6.45, 7) is 4.12. The Balaban J connectivity index is 1.75. The van der Waals surface area contributed by atoms with Gasteiger partial charge in [-0.15, -0.1) is 0 Å². The van der Waals surface area contributed by atoms with Gasteiger partial charge in [-0.05, 0) is 24.6 Å². The SMILES string of the molecule is COc1ccccc1CCNCC1(CN)COC1. The highest BCUT2D eigenvalue weighted by atomic mass is 16.5. The highest BCUT2D eigenvalue weighted by Crippen LogP contribution is 2.24. The highest BCUT2D eigenvalue weighted by Gasteiger charge is 2.36. The van der Waals surface area contributed by atoms with Crippen molar-refractivity contribution in [3.05, 3.63) is 29.8 Å². The molecule has 0 radical (unpaired) electrons. The van der Waals surface area contributed by atoms with Crippen molar-refractivity contribution in [1.82, 2.24) is 5.32 Å². The molecule has 0 bridgehead atoms. The maximum Gasteiger partial charge on any atom is 0.122 e. The normalized spacial score (nSPS) is 17.2. The number of nitrogens with one attached hydrogen (secondary N) is 1. The van der Waals surface area contributed by atoms with E-state index in [2.05, 4.69) is 11.4 Å². The number of rotatable bonds is 7. The van der Waals surface area contributed by atoms with Crippen LogP contribution in [0.15, 0.2) is 24.3 Å². The Hall–Kier alpha value is -1.10. The van der Waals surface area contributed by atoms with Gasteiger partial charge in [-0.1, -0.05) is 18.2 Å². The van der Waals surface area contributed by atoms with Gasteiger partial charge in [-0.2, -0.15) is 0 Å². The van der Waals surface area contributed by atoms with Crippen LogP contribution >= 0.6 is 0 Å². The lowest BCUT2D eigenvalue weighted by Crippen LogP contribution is -2.54. The molecule has 100 valence electrons. The van der Waals surface area contributed by atoms with E-state index in [4.69, 9.17) is 15.2 Å². The minimum absolute atomic E-state index is 0.167. The molecular formula is C14H22N2O2. The molecule has 0 saturated carbocycles. The van der Waals surface area contributed by atoms with Crippen LogP contribution in [0.1, 0.15) is 5.56 Å². The molecule has 4 heteroatoms. The van der Waals surface area contributed by atoms with Gasteiger partial charge in [-0.3, -0.25) is 0 Å². The monoisotopic (exact) mass is 250 g/mol. The van der Waals surface area contributed by atoms with Gasteiger partial charge in [0, 0.05) is 18.5 Å². The largest absolute Gasteiger partial charge is 0.496 e. The molecule has 0 aromatic heterocycles. The van der Waals surface area contributed by atoms with E-state index in [1.54, 1.807) is 7.11 Å². The first-order valence-electron chi connectivity index (χ1n) is 6.40. The Labute approximate surface area is 108 Å². The number of nitrogens with two attached hydrogens (primary N) is 1. The Morgan fingerprint density at radius 2 is 2.17 bits per heavy atom. The van der Waals surface area contributed by atoms with Crippen LogP contribution in [0.5, 0.6) is 5.75 Å². The van der Waals surface area contributed by atoms with Crippen molar-refractivity contribution in [2.45, 2.75) is 6.42 Å². The van der Waals surface area contributed by atoms with E-state index in [-0.39, 0.29) is 5.41 Å². The molecule has 0 unspecified atom stereocenters. The quantitative estimate of drug-likeness (QED) is 0.703. The summed E-state index contributed by atoms with van der Waals surface area (Å²) in [7, 11) is 1.71. The molecule has 2 rings (SSSR count). The lowest BCUT2D eigenvalue weighted by atomic mass is 9.86. The maximum absolute atomic E-state index is 5.77. The topological polar surface area (TPSA) is 56.5 Å². The van der Waals surface area contributed by atoms with E-state index in [1.807, 2.05) is 18.2 Å². The number of benzene rings is 1. The van der Waals surface area contributed by atoms with Crippen LogP contribution in [-0.2, 0) is 11.2 Å². The zero-order valence-corrected chi connectivity index (χ0v) is 10.9. The third-order valence-electron chi connectivity index (χ3n) is 3.51. The summed E-state index contributed by atoms with van der Waals surface area (Å²) >= 11 is 0. The summed E-state index contributed by atoms with van der Waals surface area (Å²) < 4.78 is 10.6. The first kappa shape index (κ1) is 13.3. The average Bonchev–Trinajstić information content (AvgIpc) is 2.37. The Morgan fingerprint density at radius 3 is 2.78 bits per heavy atom. The number of para-hydroxylation sites is 1. The number of methoxy groups -OCH3 is 1. The van der Waals surface area contributed by atoms with E-state index >= 15 is 0 Å². The number of hydrogen-bond acceptors (Lipinski definition) is 4. The van der Waals surface area contributed by atoms with Crippen molar-refractivity contribution in [1.29, 1.82) is 0 Å². The van der Waals surface area contributed by atoms with Crippen molar-refractivity contribution in [2.24, 2.45) is 11.1 Å². The second-order valence-corrected chi connectivity index (χ2v) is 4.94. The molecular weight excluding hydrogens is 228 g/mol. The second-order valence-electron chi connectivity index (χ2n) is 4.94. The third-order valence-corrected chi connectivity index (χ3v) is 3.51. The van der Waals surface area contributed by atoms with Crippen LogP contribution in [0.4, 0.5) is 0 Å². The Morgan fingerprint density at radius 1 is 1.39 bits per heavy atom. The molecule has 1 aromatic carbocycles. The lowest BCUT2D eigenvalue weighted by molar-refractivity contribution is -0.104. The minimum atomic E-state index is 0.167. The Bertz CT molecular complexity index is 372. The first-order valence-corrected chi connectivity index (χ1v) is 6.40. The van der Waals surface area contributed by atoms with Crippen molar-refractivity contribution >= 4 is 0 Å². The highest BCUT2D eigenvalue weighted by molar-refractivity contribution is 5.33. The van der Waals surface area contributed by atoms with E-state index in [9.17, 15) is 0 Å². The van der Waals surface area contributed by atoms with Crippen molar-refractivity contribution < 1.29 is 9.47 Å². The average molecular weight is 250 g/mol. The summed E-state index contributed by atoms with van der Waals surface area (Å²) in [5.41, 5.74) is 7.17. The maximum atomic E-state index is 5.77. The van der Waals surface area contributed by atoms with Gasteiger partial charge in [-0.25, -0.2) is 0 Å². The van der Waals surface area contributed by atoms with Gasteiger partial charge in [0.25, 0.3) is 0 Å². The molecule has 0 atom stereocenters. The zero-order valence-electron chi connectivity index (χ0n) is 10.9. The van der Waals surface area contributed by atoms with Crippen LogP contribution < -0.4 is 15.8 Å². The van der Waals surface area contributed by atoms with Crippen molar-refractivity contribution in [2.75, 3.05) is 40.0 Å². The summed E-state index contributed by atoms with van der Waals surface area (Å²) in [6, 6.07) is 8.13. The summed E-state index contributed by atoms with van der Waals surface area (Å²) in [6.07, 6.45) is 0.964. The van der Waals surface area contributed by atoms with Crippen molar-refractivity contribution in [3.63, 3.8) is 0 Å². The summed E-state index contributed by atoms with van der Waals surface area (Å²) in [5, 5.41) is 3.46. The van der Waals surface area contributed by atoms with E-state index in [0.717, 1.165) is 38.5 Å². The fourth-order valence-corrected chi connectivity index (χ4v) is 2.17. The zero-order chi connectivity index (χ0) is 12.8. The van der Waals surface area contributed by atoms with E-state index in [1.165, 1.54) is 5.56 Å². The van der Waals surface area contributed by atoms with Crippen LogP contribution in [0.2, 0.25) is 0 Å². The van der Waals surface area contributed by atoms with Crippen molar-refractivity contribution in [3.8, 4) is 5.75 Å². The minimum Gasteiger partial charge on any atom is -0.496 e. The summed E-state index contributed by atoms with van der Waals surface area (Å²) in [4.78, 5) is 0. The molecule has 1 aliphatic heterocycles. The lowest BCUT2D eigenvalue weighted by Gasteiger charge is -2.40. The van der Waals surface area contributed by atoms with Gasteiger partial charge in [0.1, 0.15) is 5.75 Å². The first-order chi connectivity index (χ1) is 8.79. The molecule has 0 amide bonds. The summed E-state index contributed by atoms with van der Waals surface area (Å²) in [5.74, 6) is 0.958. The molecule has 18 heavy (non-hydrogen) atoms. The molecule has 3 N–H and O–H groups in total. The number of hydrogen-bond donors (Lipinski definition) is 2. The second kappa shape index (κ2) is 6.18. The van der Waals surface area contributed by atoms with Crippen LogP contribution in [0.25, 0.3) is 0 Å². The predicted octanol–water partition coefficient (Wildman–Crippen LogP) is 0.803. The molecule has 1 fully saturated rings. The van der Waals surface area contributed by atoms with Gasteiger partial charge in [0.2, 0.25) is 0 Å². The molecule has 0 aliphatic carbocycles. The Kier molecular flexibility index (Phi) is 4.58. The molecule has 1 heterocycles. The van der Waals surface area contributed by atoms with E-state index in [0.29, 0.717) is 6.54 Å². The molecule has 1 saturated heterocycles. The van der Waals surface area contributed by atoms with Gasteiger partial charge >= 0.3 is 0 Å². The van der Waals surface area contributed by atoms with Gasteiger partial charge in [0.05, 0.1) is 20.3 Å². The fourth-order valence-electron chi connectivity index (χ4n) is 2.17. The van der Waals surface area contributed by atoms with Gasteiger partial charge < -0.3 is 20.5 Å². The third kappa shape index (κ3) is 3.02. The standard InChI is InChI=1S/C14H22N2O2/c1-17-13-5-3-2-4-12(13)6-7-16-9-14(8-15)10-18-11-14/h2-5,16H,6-11,15H2,1H3. The van der Waals surface area contributed by atoms with Crippen LogP contribution in [0.3, 0.4) is 0 Å². The van der Waals surface area contributed by atoms with Gasteiger partial charge in [0.15, 0.2) is 0 Å². The number of ether oxygens (including phenoxy) is 2. The van der Waals surface area contributed by atoms with Crippen LogP contribution in [-0.4, -0.2) is 40.0 Å². The van der Waals surface area contributed by atoms with Crippen LogP contribution in [0, 0.1) is 5.41 Å². The molecule has 4 nitrogen and oxygen atoms in total. The smallest absolute Gasteiger partial charge is 0.122 e. The molecule has 0 spiro atoms. The fraction of sp³-hybridized carbons (Fsp3) is 0.571. The van der Waals surface area contributed by atoms with E-state index < -0.39 is 0 Å². The predicted molar refractivity (Wildman–Crippen MR) is 71.9 cm³/mol. The molecule has 1 aliphatic rings. The molecule has 1 aromatic rings.